The van der Waals surface area contributed by atoms with Gasteiger partial charge < -0.3 is 10.4 Å². The van der Waals surface area contributed by atoms with Crippen LogP contribution in [0.15, 0.2) is 29.6 Å². The minimum atomic E-state index is -0.108. The van der Waals surface area contributed by atoms with Crippen LogP contribution in [0.25, 0.3) is 0 Å². The summed E-state index contributed by atoms with van der Waals surface area (Å²) in [5, 5.41) is 14.4. The van der Waals surface area contributed by atoms with Crippen molar-refractivity contribution >= 4 is 22.9 Å². The van der Waals surface area contributed by atoms with E-state index in [0.717, 1.165) is 5.56 Å². The van der Waals surface area contributed by atoms with Gasteiger partial charge in [-0.05, 0) is 49.4 Å². The van der Waals surface area contributed by atoms with Gasteiger partial charge in [0, 0.05) is 22.0 Å². The highest BCUT2D eigenvalue weighted by Crippen LogP contribution is 2.36. The van der Waals surface area contributed by atoms with E-state index >= 15 is 0 Å². The Morgan fingerprint density at radius 2 is 1.95 bits per heavy atom. The summed E-state index contributed by atoms with van der Waals surface area (Å²) in [6, 6.07) is 7.12. The first kappa shape index (κ1) is 15.1. The van der Waals surface area contributed by atoms with Gasteiger partial charge in [-0.15, -0.1) is 11.3 Å². The standard InChI is InChI=1S/C18H21NO2S/c1-12-7-15(10-16(20)8-12)19-18(21)14-9-17(22-11-14)13-5-3-2-4-6-13/h7-11,13,20H,2-6H2,1H3,(H,19,21). The molecule has 0 aliphatic heterocycles. The van der Waals surface area contributed by atoms with Crippen molar-refractivity contribution in [1.82, 2.24) is 0 Å². The van der Waals surface area contributed by atoms with E-state index in [0.29, 0.717) is 17.2 Å². The van der Waals surface area contributed by atoms with Crippen LogP contribution in [0.3, 0.4) is 0 Å². The molecule has 0 saturated heterocycles. The number of aromatic hydroxyl groups is 1. The molecule has 4 heteroatoms. The predicted molar refractivity (Wildman–Crippen MR) is 90.9 cm³/mol. The van der Waals surface area contributed by atoms with Gasteiger partial charge in [-0.1, -0.05) is 19.3 Å². The number of hydrogen-bond acceptors (Lipinski definition) is 3. The molecule has 1 amide bonds. The van der Waals surface area contributed by atoms with Crippen molar-refractivity contribution in [3.05, 3.63) is 45.6 Å². The van der Waals surface area contributed by atoms with Crippen LogP contribution in [0.2, 0.25) is 0 Å². The molecule has 0 radical (unpaired) electrons. The van der Waals surface area contributed by atoms with Gasteiger partial charge in [0.15, 0.2) is 0 Å². The highest BCUT2D eigenvalue weighted by Gasteiger charge is 2.19. The molecule has 1 heterocycles. The molecule has 1 fully saturated rings. The summed E-state index contributed by atoms with van der Waals surface area (Å²) in [5.41, 5.74) is 2.27. The van der Waals surface area contributed by atoms with E-state index in [-0.39, 0.29) is 11.7 Å². The topological polar surface area (TPSA) is 49.3 Å². The fourth-order valence-electron chi connectivity index (χ4n) is 3.11. The van der Waals surface area contributed by atoms with Gasteiger partial charge in [0.1, 0.15) is 5.75 Å². The Bertz CT molecular complexity index is 651. The van der Waals surface area contributed by atoms with Gasteiger partial charge in [0.25, 0.3) is 5.91 Å². The zero-order valence-electron chi connectivity index (χ0n) is 12.8. The van der Waals surface area contributed by atoms with Crippen LogP contribution in [0.5, 0.6) is 5.75 Å². The number of hydrogen-bond donors (Lipinski definition) is 2. The van der Waals surface area contributed by atoms with Crippen LogP contribution in [0.1, 0.15) is 58.8 Å². The molecule has 1 aromatic carbocycles. The van der Waals surface area contributed by atoms with Crippen molar-refractivity contribution in [3.8, 4) is 5.75 Å². The summed E-state index contributed by atoms with van der Waals surface area (Å²) in [6.07, 6.45) is 6.42. The second kappa shape index (κ2) is 6.53. The second-order valence-electron chi connectivity index (χ2n) is 6.08. The Balaban J connectivity index is 1.71. The molecule has 0 atom stereocenters. The molecule has 0 spiro atoms. The van der Waals surface area contributed by atoms with Crippen LogP contribution >= 0.6 is 11.3 Å². The normalized spacial score (nSPS) is 15.7. The summed E-state index contributed by atoms with van der Waals surface area (Å²) in [6.45, 7) is 1.89. The Morgan fingerprint density at radius 1 is 1.18 bits per heavy atom. The largest absolute Gasteiger partial charge is 0.508 e. The van der Waals surface area contributed by atoms with Crippen LogP contribution in [0, 0.1) is 6.92 Å². The summed E-state index contributed by atoms with van der Waals surface area (Å²) in [5.74, 6) is 0.690. The number of nitrogens with one attached hydrogen (secondary N) is 1. The van der Waals surface area contributed by atoms with Crippen LogP contribution in [-0.4, -0.2) is 11.0 Å². The second-order valence-corrected chi connectivity index (χ2v) is 7.03. The van der Waals surface area contributed by atoms with Crippen molar-refractivity contribution < 1.29 is 9.90 Å². The maximum atomic E-state index is 12.3. The van der Waals surface area contributed by atoms with E-state index in [1.807, 2.05) is 24.4 Å². The number of carbonyl (C=O) groups excluding carboxylic acids is 1. The Hall–Kier alpha value is -1.81. The van der Waals surface area contributed by atoms with E-state index in [1.54, 1.807) is 23.5 Å². The van der Waals surface area contributed by atoms with Gasteiger partial charge in [0.05, 0.1) is 5.56 Å². The number of phenols is 1. The minimum absolute atomic E-state index is 0.108. The SMILES string of the molecule is Cc1cc(O)cc(NC(=O)c2csc(C3CCCCC3)c2)c1. The maximum Gasteiger partial charge on any atom is 0.256 e. The maximum absolute atomic E-state index is 12.3. The fourth-order valence-corrected chi connectivity index (χ4v) is 4.17. The molecule has 22 heavy (non-hydrogen) atoms. The highest BCUT2D eigenvalue weighted by molar-refractivity contribution is 7.10. The first-order valence-corrected chi connectivity index (χ1v) is 8.70. The quantitative estimate of drug-likeness (QED) is 0.831. The molecule has 1 aromatic heterocycles. The monoisotopic (exact) mass is 315 g/mol. The third-order valence-corrected chi connectivity index (χ3v) is 5.30. The molecule has 1 saturated carbocycles. The van der Waals surface area contributed by atoms with E-state index in [1.165, 1.54) is 37.0 Å². The number of phenolic OH excluding ortho intramolecular Hbond substituents is 1. The molecule has 116 valence electrons. The predicted octanol–water partition coefficient (Wildman–Crippen LogP) is 5.06. The lowest BCUT2D eigenvalue weighted by molar-refractivity contribution is 0.102. The zero-order valence-corrected chi connectivity index (χ0v) is 13.6. The summed E-state index contributed by atoms with van der Waals surface area (Å²) in [4.78, 5) is 13.7. The average Bonchev–Trinajstić information content (AvgIpc) is 2.97. The number of carbonyl (C=O) groups is 1. The lowest BCUT2D eigenvalue weighted by atomic mass is 9.88. The van der Waals surface area contributed by atoms with Gasteiger partial charge >= 0.3 is 0 Å². The highest BCUT2D eigenvalue weighted by atomic mass is 32.1. The van der Waals surface area contributed by atoms with E-state index < -0.39 is 0 Å². The van der Waals surface area contributed by atoms with Crippen LogP contribution in [-0.2, 0) is 0 Å². The number of anilines is 1. The third-order valence-electron chi connectivity index (χ3n) is 4.21. The van der Waals surface area contributed by atoms with Crippen molar-refractivity contribution in [2.75, 3.05) is 5.32 Å². The van der Waals surface area contributed by atoms with Crippen LogP contribution < -0.4 is 5.32 Å². The summed E-state index contributed by atoms with van der Waals surface area (Å²) < 4.78 is 0. The average molecular weight is 315 g/mol. The zero-order chi connectivity index (χ0) is 15.5. The molecule has 1 aliphatic rings. The van der Waals surface area contributed by atoms with Crippen LogP contribution in [0.4, 0.5) is 5.69 Å². The first-order chi connectivity index (χ1) is 10.6. The van der Waals surface area contributed by atoms with Gasteiger partial charge in [-0.3, -0.25) is 4.79 Å². The molecule has 0 unspecified atom stereocenters. The molecule has 0 bridgehead atoms. The van der Waals surface area contributed by atoms with Gasteiger partial charge in [0.2, 0.25) is 0 Å². The summed E-state index contributed by atoms with van der Waals surface area (Å²) in [7, 11) is 0. The lowest BCUT2D eigenvalue weighted by Gasteiger charge is -2.19. The molecule has 2 aromatic rings. The Labute approximate surface area is 135 Å². The van der Waals surface area contributed by atoms with Crippen molar-refractivity contribution in [3.63, 3.8) is 0 Å². The van der Waals surface area contributed by atoms with Gasteiger partial charge in [-0.2, -0.15) is 0 Å². The molecular weight excluding hydrogens is 294 g/mol. The third kappa shape index (κ3) is 3.50. The van der Waals surface area contributed by atoms with Crippen molar-refractivity contribution in [1.29, 1.82) is 0 Å². The number of benzene rings is 1. The van der Waals surface area contributed by atoms with Crippen molar-refractivity contribution in [2.45, 2.75) is 44.9 Å². The first-order valence-electron chi connectivity index (χ1n) is 7.82. The number of rotatable bonds is 3. The van der Waals surface area contributed by atoms with Crippen molar-refractivity contribution in [2.24, 2.45) is 0 Å². The minimum Gasteiger partial charge on any atom is -0.508 e. The Morgan fingerprint density at radius 3 is 2.68 bits per heavy atom. The smallest absolute Gasteiger partial charge is 0.256 e. The van der Waals surface area contributed by atoms with E-state index in [4.69, 9.17) is 0 Å². The molecule has 3 rings (SSSR count). The number of amides is 1. The Kier molecular flexibility index (Phi) is 4.48. The fraction of sp³-hybridized carbons (Fsp3) is 0.389. The molecule has 1 aliphatic carbocycles. The van der Waals surface area contributed by atoms with E-state index in [9.17, 15) is 9.90 Å². The van der Waals surface area contributed by atoms with Gasteiger partial charge in [-0.25, -0.2) is 0 Å². The molecular formula is C18H21NO2S. The number of aryl methyl sites for hydroxylation is 1. The lowest BCUT2D eigenvalue weighted by Crippen LogP contribution is -2.11. The molecule has 3 nitrogen and oxygen atoms in total. The van der Waals surface area contributed by atoms with E-state index in [2.05, 4.69) is 5.32 Å². The summed E-state index contributed by atoms with van der Waals surface area (Å²) >= 11 is 1.69. The number of thiophene rings is 1. The molecule has 2 N–H and O–H groups in total.